The average Bonchev–Trinajstić information content (AvgIpc) is 3.32. The summed E-state index contributed by atoms with van der Waals surface area (Å²) in [7, 11) is 1.61. The molecule has 0 aliphatic heterocycles. The summed E-state index contributed by atoms with van der Waals surface area (Å²) in [6.45, 7) is 1.92. The minimum atomic E-state index is -0.308. The van der Waals surface area contributed by atoms with Crippen molar-refractivity contribution >= 4 is 22.7 Å². The molecule has 6 nitrogen and oxygen atoms in total. The maximum Gasteiger partial charge on any atom is 0.291 e. The van der Waals surface area contributed by atoms with Gasteiger partial charge in [-0.2, -0.15) is 0 Å². The third-order valence-corrected chi connectivity index (χ3v) is 4.07. The third kappa shape index (κ3) is 2.93. The zero-order chi connectivity index (χ0) is 18.1. The van der Waals surface area contributed by atoms with Gasteiger partial charge in [0.25, 0.3) is 5.91 Å². The Labute approximate surface area is 149 Å². The van der Waals surface area contributed by atoms with E-state index >= 15 is 0 Å². The number of amides is 1. The van der Waals surface area contributed by atoms with Gasteiger partial charge in [-0.1, -0.05) is 6.07 Å². The van der Waals surface area contributed by atoms with Crippen molar-refractivity contribution in [1.29, 1.82) is 0 Å². The minimum absolute atomic E-state index is 0.253. The van der Waals surface area contributed by atoms with Crippen LogP contribution in [0.3, 0.4) is 0 Å². The average molecular weight is 348 g/mol. The summed E-state index contributed by atoms with van der Waals surface area (Å²) < 4.78 is 16.2. The van der Waals surface area contributed by atoms with Gasteiger partial charge in [0.1, 0.15) is 11.3 Å². The summed E-state index contributed by atoms with van der Waals surface area (Å²) in [6, 6.07) is 14.4. The Morgan fingerprint density at radius 3 is 2.81 bits per heavy atom. The fourth-order valence-electron chi connectivity index (χ4n) is 2.64. The Morgan fingerprint density at radius 2 is 2.04 bits per heavy atom. The van der Waals surface area contributed by atoms with Crippen molar-refractivity contribution in [3.63, 3.8) is 0 Å². The topological polar surface area (TPSA) is 77.5 Å². The van der Waals surface area contributed by atoms with Gasteiger partial charge in [-0.3, -0.25) is 4.79 Å². The van der Waals surface area contributed by atoms with Gasteiger partial charge in [-0.25, -0.2) is 4.98 Å². The highest BCUT2D eigenvalue weighted by atomic mass is 16.5. The molecule has 4 aromatic rings. The van der Waals surface area contributed by atoms with E-state index in [1.807, 2.05) is 43.3 Å². The fraction of sp³-hybridized carbons (Fsp3) is 0.100. The van der Waals surface area contributed by atoms with Gasteiger partial charge in [-0.05, 0) is 48.9 Å². The molecule has 0 fully saturated rings. The number of aryl methyl sites for hydroxylation is 1. The molecule has 0 bridgehead atoms. The zero-order valence-electron chi connectivity index (χ0n) is 14.3. The van der Waals surface area contributed by atoms with E-state index < -0.39 is 0 Å². The first-order valence-corrected chi connectivity index (χ1v) is 8.04. The van der Waals surface area contributed by atoms with Crippen LogP contribution in [0.4, 0.5) is 5.69 Å². The SMILES string of the molecule is COc1ccc2oc(-c3ccc(C)c(NC(=O)c4ccco4)c3)nc2c1. The number of oxazole rings is 1. The second-order valence-electron chi connectivity index (χ2n) is 5.81. The number of ether oxygens (including phenoxy) is 1. The molecule has 2 aromatic carbocycles. The van der Waals surface area contributed by atoms with E-state index in [2.05, 4.69) is 10.3 Å². The first-order valence-electron chi connectivity index (χ1n) is 8.04. The molecule has 6 heteroatoms. The maximum absolute atomic E-state index is 12.2. The van der Waals surface area contributed by atoms with Gasteiger partial charge in [-0.15, -0.1) is 0 Å². The van der Waals surface area contributed by atoms with Crippen molar-refractivity contribution in [2.45, 2.75) is 6.92 Å². The number of nitrogens with one attached hydrogen (secondary N) is 1. The monoisotopic (exact) mass is 348 g/mol. The Kier molecular flexibility index (Phi) is 3.93. The number of methoxy groups -OCH3 is 1. The van der Waals surface area contributed by atoms with Gasteiger partial charge in [0.05, 0.1) is 13.4 Å². The lowest BCUT2D eigenvalue weighted by molar-refractivity contribution is 0.0996. The summed E-state index contributed by atoms with van der Waals surface area (Å²) in [5.74, 6) is 1.13. The van der Waals surface area contributed by atoms with Crippen molar-refractivity contribution in [2.24, 2.45) is 0 Å². The molecule has 2 aromatic heterocycles. The number of carbonyl (C=O) groups excluding carboxylic acids is 1. The predicted octanol–water partition coefficient (Wildman–Crippen LogP) is 4.66. The molecular weight excluding hydrogens is 332 g/mol. The largest absolute Gasteiger partial charge is 0.497 e. The first-order chi connectivity index (χ1) is 12.6. The Bertz CT molecular complexity index is 1080. The molecule has 1 amide bonds. The summed E-state index contributed by atoms with van der Waals surface area (Å²) in [4.78, 5) is 16.7. The molecule has 0 saturated carbocycles. The van der Waals surface area contributed by atoms with Crippen LogP contribution in [0.15, 0.2) is 63.6 Å². The lowest BCUT2D eigenvalue weighted by Crippen LogP contribution is -2.11. The normalized spacial score (nSPS) is 10.8. The van der Waals surface area contributed by atoms with Crippen molar-refractivity contribution in [3.8, 4) is 17.2 Å². The van der Waals surface area contributed by atoms with Gasteiger partial charge >= 0.3 is 0 Å². The predicted molar refractivity (Wildman–Crippen MR) is 97.4 cm³/mol. The fourth-order valence-corrected chi connectivity index (χ4v) is 2.64. The number of anilines is 1. The molecule has 130 valence electrons. The molecule has 0 aliphatic carbocycles. The van der Waals surface area contributed by atoms with Gasteiger partial charge in [0, 0.05) is 17.3 Å². The number of carbonyl (C=O) groups is 1. The molecule has 0 unspecified atom stereocenters. The van der Waals surface area contributed by atoms with Crippen LogP contribution in [0.25, 0.3) is 22.6 Å². The van der Waals surface area contributed by atoms with Crippen LogP contribution in [-0.2, 0) is 0 Å². The van der Waals surface area contributed by atoms with E-state index in [-0.39, 0.29) is 11.7 Å². The first kappa shape index (κ1) is 16.0. The van der Waals surface area contributed by atoms with Crippen LogP contribution in [0.1, 0.15) is 16.1 Å². The molecule has 0 aliphatic rings. The highest BCUT2D eigenvalue weighted by Crippen LogP contribution is 2.29. The number of nitrogens with zero attached hydrogens (tertiary/aromatic N) is 1. The van der Waals surface area contributed by atoms with Crippen molar-refractivity contribution in [3.05, 3.63) is 66.1 Å². The molecule has 0 saturated heterocycles. The molecule has 2 heterocycles. The van der Waals surface area contributed by atoms with E-state index in [1.165, 1.54) is 6.26 Å². The molecule has 1 N–H and O–H groups in total. The van der Waals surface area contributed by atoms with E-state index in [1.54, 1.807) is 19.2 Å². The van der Waals surface area contributed by atoms with Crippen LogP contribution in [0, 0.1) is 6.92 Å². The number of rotatable bonds is 4. The summed E-state index contributed by atoms with van der Waals surface area (Å²) in [6.07, 6.45) is 1.46. The molecular formula is C20H16N2O4. The van der Waals surface area contributed by atoms with E-state index in [0.29, 0.717) is 28.4 Å². The Morgan fingerprint density at radius 1 is 1.15 bits per heavy atom. The smallest absolute Gasteiger partial charge is 0.291 e. The molecule has 0 radical (unpaired) electrons. The maximum atomic E-state index is 12.2. The van der Waals surface area contributed by atoms with E-state index in [0.717, 1.165) is 11.1 Å². The third-order valence-electron chi connectivity index (χ3n) is 4.07. The number of fused-ring (bicyclic) bond motifs is 1. The molecule has 4 rings (SSSR count). The highest BCUT2D eigenvalue weighted by Gasteiger charge is 2.14. The second kappa shape index (κ2) is 6.40. The quantitative estimate of drug-likeness (QED) is 0.580. The molecule has 0 atom stereocenters. The minimum Gasteiger partial charge on any atom is -0.497 e. The van der Waals surface area contributed by atoms with Gasteiger partial charge < -0.3 is 18.9 Å². The zero-order valence-corrected chi connectivity index (χ0v) is 14.3. The van der Waals surface area contributed by atoms with Gasteiger partial charge in [0.2, 0.25) is 5.89 Å². The number of benzene rings is 2. The Balaban J connectivity index is 1.68. The van der Waals surface area contributed by atoms with Crippen LogP contribution in [0.5, 0.6) is 5.75 Å². The lowest BCUT2D eigenvalue weighted by atomic mass is 10.1. The van der Waals surface area contributed by atoms with Crippen molar-refractivity contribution in [1.82, 2.24) is 4.98 Å². The summed E-state index contributed by atoms with van der Waals surface area (Å²) >= 11 is 0. The summed E-state index contributed by atoms with van der Waals surface area (Å²) in [5.41, 5.74) is 3.74. The van der Waals surface area contributed by atoms with Crippen LogP contribution in [0.2, 0.25) is 0 Å². The molecule has 26 heavy (non-hydrogen) atoms. The number of aromatic nitrogens is 1. The summed E-state index contributed by atoms with van der Waals surface area (Å²) in [5, 5.41) is 2.85. The van der Waals surface area contributed by atoms with Crippen LogP contribution >= 0.6 is 0 Å². The van der Waals surface area contributed by atoms with Crippen molar-refractivity contribution < 1.29 is 18.4 Å². The highest BCUT2D eigenvalue weighted by molar-refractivity contribution is 6.03. The Hall–Kier alpha value is -3.54. The standard InChI is InChI=1S/C20H16N2O4/c1-12-5-6-13(10-15(12)21-19(23)18-4-3-9-25-18)20-22-16-11-14(24-2)7-8-17(16)26-20/h3-11H,1-2H3,(H,21,23). The molecule has 0 spiro atoms. The van der Waals surface area contributed by atoms with E-state index in [4.69, 9.17) is 13.6 Å². The van der Waals surface area contributed by atoms with Crippen molar-refractivity contribution in [2.75, 3.05) is 12.4 Å². The van der Waals surface area contributed by atoms with Gasteiger partial charge in [0.15, 0.2) is 11.3 Å². The number of hydrogen-bond donors (Lipinski definition) is 1. The number of hydrogen-bond acceptors (Lipinski definition) is 5. The van der Waals surface area contributed by atoms with Crippen LogP contribution in [-0.4, -0.2) is 18.0 Å². The lowest BCUT2D eigenvalue weighted by Gasteiger charge is -2.08. The number of furan rings is 1. The second-order valence-corrected chi connectivity index (χ2v) is 5.81. The van der Waals surface area contributed by atoms with E-state index in [9.17, 15) is 4.79 Å². The van der Waals surface area contributed by atoms with Crippen LogP contribution < -0.4 is 10.1 Å².